The zero-order valence-electron chi connectivity index (χ0n) is 13.5. The Morgan fingerprint density at radius 2 is 2.08 bits per heavy atom. The second-order valence-corrected chi connectivity index (χ2v) is 6.35. The van der Waals surface area contributed by atoms with Gasteiger partial charge in [-0.1, -0.05) is 18.7 Å². The molecule has 0 unspecified atom stereocenters. The van der Waals surface area contributed by atoms with E-state index in [1.165, 1.54) is 0 Å². The van der Waals surface area contributed by atoms with Crippen LogP contribution in [0.15, 0.2) is 34.5 Å². The maximum absolute atomic E-state index is 11.6. The molecule has 0 radical (unpaired) electrons. The first-order valence-electron chi connectivity index (χ1n) is 7.54. The van der Waals surface area contributed by atoms with Gasteiger partial charge in [0.05, 0.1) is 18.7 Å². The van der Waals surface area contributed by atoms with Crippen LogP contribution in [0.5, 0.6) is 5.75 Å². The predicted octanol–water partition coefficient (Wildman–Crippen LogP) is 2.26. The highest BCUT2D eigenvalue weighted by Gasteiger charge is 2.32. The van der Waals surface area contributed by atoms with Crippen LogP contribution in [0.4, 0.5) is 0 Å². The second kappa shape index (κ2) is 8.49. The van der Waals surface area contributed by atoms with Gasteiger partial charge in [-0.2, -0.15) is 5.10 Å². The van der Waals surface area contributed by atoms with Gasteiger partial charge in [0.15, 0.2) is 5.17 Å². The van der Waals surface area contributed by atoms with E-state index in [9.17, 15) is 9.59 Å². The first-order chi connectivity index (χ1) is 11.5. The fourth-order valence-electron chi connectivity index (χ4n) is 1.94. The van der Waals surface area contributed by atoms with Crippen molar-refractivity contribution in [2.24, 2.45) is 10.2 Å². The number of thioether (sulfide) groups is 1. The van der Waals surface area contributed by atoms with E-state index in [0.29, 0.717) is 17.5 Å². The van der Waals surface area contributed by atoms with Gasteiger partial charge in [0.1, 0.15) is 11.0 Å². The van der Waals surface area contributed by atoms with Gasteiger partial charge in [-0.15, -0.1) is 5.10 Å². The summed E-state index contributed by atoms with van der Waals surface area (Å²) in [4.78, 5) is 22.3. The standard InChI is InChI=1S/C16H19N3O4S/c1-3-8-23-12-6-4-11(5-7-12)10(2)18-19-16-17-15(22)13(24-16)9-14(20)21/h4-7,13H,3,8-9H2,1-2H3,(H,20,21)(H,17,19,22)/b18-10-/t13-/m0/s1. The minimum Gasteiger partial charge on any atom is -0.494 e. The molecular formula is C16H19N3O4S. The summed E-state index contributed by atoms with van der Waals surface area (Å²) in [6.45, 7) is 4.53. The first-order valence-corrected chi connectivity index (χ1v) is 8.42. The summed E-state index contributed by atoms with van der Waals surface area (Å²) in [5.41, 5.74) is 1.57. The summed E-state index contributed by atoms with van der Waals surface area (Å²) in [6, 6.07) is 7.51. The summed E-state index contributed by atoms with van der Waals surface area (Å²) < 4.78 is 5.52. The molecule has 24 heavy (non-hydrogen) atoms. The SMILES string of the molecule is CCCOc1ccc(/C(C)=N\N=C2\NC(=O)[C@H](CC(=O)O)S2)cc1. The highest BCUT2D eigenvalue weighted by atomic mass is 32.2. The molecule has 8 heteroatoms. The van der Waals surface area contributed by atoms with Crippen molar-refractivity contribution in [3.8, 4) is 5.75 Å². The van der Waals surface area contributed by atoms with Gasteiger partial charge in [0.2, 0.25) is 5.91 Å². The van der Waals surface area contributed by atoms with Gasteiger partial charge in [0.25, 0.3) is 0 Å². The monoisotopic (exact) mass is 349 g/mol. The first kappa shape index (κ1) is 18.0. The van der Waals surface area contributed by atoms with E-state index in [1.54, 1.807) is 0 Å². The van der Waals surface area contributed by atoms with Gasteiger partial charge in [0, 0.05) is 0 Å². The third-order valence-electron chi connectivity index (χ3n) is 3.17. The zero-order valence-corrected chi connectivity index (χ0v) is 14.3. The van der Waals surface area contributed by atoms with Crippen LogP contribution < -0.4 is 10.1 Å². The molecule has 0 aliphatic carbocycles. The van der Waals surface area contributed by atoms with Crippen LogP contribution in [0.1, 0.15) is 32.3 Å². The van der Waals surface area contributed by atoms with E-state index < -0.39 is 11.2 Å². The third kappa shape index (κ3) is 5.09. The molecule has 2 rings (SSSR count). The van der Waals surface area contributed by atoms with E-state index in [0.717, 1.165) is 29.5 Å². The van der Waals surface area contributed by atoms with Crippen LogP contribution >= 0.6 is 11.8 Å². The molecule has 2 N–H and O–H groups in total. The lowest BCUT2D eigenvalue weighted by molar-refractivity contribution is -0.138. The molecule has 1 aliphatic heterocycles. The molecule has 1 amide bonds. The van der Waals surface area contributed by atoms with Crippen LogP contribution in [0.25, 0.3) is 0 Å². The smallest absolute Gasteiger partial charge is 0.305 e. The van der Waals surface area contributed by atoms with Crippen molar-refractivity contribution >= 4 is 34.5 Å². The number of benzene rings is 1. The summed E-state index contributed by atoms with van der Waals surface area (Å²) in [7, 11) is 0. The number of carbonyl (C=O) groups excluding carboxylic acids is 1. The number of carboxylic acid groups (broad SMARTS) is 1. The van der Waals surface area contributed by atoms with Gasteiger partial charge in [-0.25, -0.2) is 0 Å². The van der Waals surface area contributed by atoms with Crippen molar-refractivity contribution in [3.05, 3.63) is 29.8 Å². The van der Waals surface area contributed by atoms with Gasteiger partial charge < -0.3 is 15.2 Å². The minimum atomic E-state index is -1.02. The molecule has 1 heterocycles. The average molecular weight is 349 g/mol. The van der Waals surface area contributed by atoms with Crippen molar-refractivity contribution < 1.29 is 19.4 Å². The maximum atomic E-state index is 11.6. The van der Waals surface area contributed by atoms with Crippen LogP contribution in [-0.4, -0.2) is 39.7 Å². The lowest BCUT2D eigenvalue weighted by Crippen LogP contribution is -2.26. The number of aliphatic carboxylic acids is 1. The third-order valence-corrected chi connectivity index (χ3v) is 4.24. The molecular weight excluding hydrogens is 330 g/mol. The Bertz CT molecular complexity index is 670. The molecule has 0 saturated carbocycles. The fourth-order valence-corrected chi connectivity index (χ4v) is 2.84. The number of ether oxygens (including phenoxy) is 1. The largest absolute Gasteiger partial charge is 0.494 e. The normalized spacial score (nSPS) is 19.4. The van der Waals surface area contributed by atoms with Gasteiger partial charge in [-0.3, -0.25) is 9.59 Å². The van der Waals surface area contributed by atoms with Crippen LogP contribution in [0, 0.1) is 0 Å². The molecule has 0 aromatic heterocycles. The number of amidine groups is 1. The molecule has 1 aromatic rings. The Balaban J connectivity index is 2.00. The van der Waals surface area contributed by atoms with Crippen molar-refractivity contribution in [2.45, 2.75) is 31.9 Å². The van der Waals surface area contributed by atoms with E-state index in [2.05, 4.69) is 15.5 Å². The highest BCUT2D eigenvalue weighted by Crippen LogP contribution is 2.22. The predicted molar refractivity (Wildman–Crippen MR) is 93.6 cm³/mol. The number of hydrogen-bond acceptors (Lipinski definition) is 6. The number of nitrogens with one attached hydrogen (secondary N) is 1. The summed E-state index contributed by atoms with van der Waals surface area (Å²) >= 11 is 1.08. The quantitative estimate of drug-likeness (QED) is 0.581. The summed E-state index contributed by atoms with van der Waals surface area (Å²) in [5.74, 6) is -0.574. The molecule has 1 atom stereocenters. The molecule has 1 aromatic carbocycles. The molecule has 7 nitrogen and oxygen atoms in total. The summed E-state index contributed by atoms with van der Waals surface area (Å²) in [5, 5.41) is 19.0. The van der Waals surface area contributed by atoms with Crippen LogP contribution in [0.3, 0.4) is 0 Å². The van der Waals surface area contributed by atoms with E-state index in [1.807, 2.05) is 38.1 Å². The topological polar surface area (TPSA) is 100 Å². The van der Waals surface area contributed by atoms with Crippen molar-refractivity contribution in [1.82, 2.24) is 5.32 Å². The lowest BCUT2D eigenvalue weighted by atomic mass is 10.1. The van der Waals surface area contributed by atoms with Gasteiger partial charge in [-0.05, 0) is 43.2 Å². The van der Waals surface area contributed by atoms with Crippen molar-refractivity contribution in [3.63, 3.8) is 0 Å². The average Bonchev–Trinajstić information content (AvgIpc) is 2.90. The molecule has 1 aliphatic rings. The van der Waals surface area contributed by atoms with Crippen molar-refractivity contribution in [2.75, 3.05) is 6.61 Å². The Labute approximate surface area is 144 Å². The number of rotatable bonds is 7. The number of carboxylic acids is 1. The second-order valence-electron chi connectivity index (χ2n) is 5.16. The molecule has 128 valence electrons. The fraction of sp³-hybridized carbons (Fsp3) is 0.375. The maximum Gasteiger partial charge on any atom is 0.305 e. The molecule has 0 bridgehead atoms. The zero-order chi connectivity index (χ0) is 17.5. The Kier molecular flexibility index (Phi) is 6.36. The lowest BCUT2D eigenvalue weighted by Gasteiger charge is -2.05. The van der Waals surface area contributed by atoms with Crippen molar-refractivity contribution in [1.29, 1.82) is 0 Å². The van der Waals surface area contributed by atoms with Crippen LogP contribution in [0.2, 0.25) is 0 Å². The van der Waals surface area contributed by atoms with Crippen LogP contribution in [-0.2, 0) is 9.59 Å². The minimum absolute atomic E-state index is 0.239. The van der Waals surface area contributed by atoms with E-state index >= 15 is 0 Å². The number of amides is 1. The number of nitrogens with zero attached hydrogens (tertiary/aromatic N) is 2. The van der Waals surface area contributed by atoms with E-state index in [4.69, 9.17) is 9.84 Å². The molecule has 1 fully saturated rings. The Hall–Kier alpha value is -2.35. The Morgan fingerprint density at radius 1 is 1.38 bits per heavy atom. The molecule has 0 spiro atoms. The van der Waals surface area contributed by atoms with E-state index in [-0.39, 0.29) is 12.3 Å². The summed E-state index contributed by atoms with van der Waals surface area (Å²) in [6.07, 6.45) is 0.712. The number of carbonyl (C=O) groups is 2. The Morgan fingerprint density at radius 3 is 2.71 bits per heavy atom. The highest BCUT2D eigenvalue weighted by molar-refractivity contribution is 8.15. The number of hydrogen-bond donors (Lipinski definition) is 2. The van der Waals surface area contributed by atoms with Gasteiger partial charge >= 0.3 is 5.97 Å². The molecule has 1 saturated heterocycles.